The first-order valence-electron chi connectivity index (χ1n) is 5.35. The summed E-state index contributed by atoms with van der Waals surface area (Å²) in [5, 5.41) is 6.46. The largest absolute Gasteiger partial charge is 0.354 e. The number of anilines is 1. The smallest absolute Gasteiger partial charge is 0.222 e. The molecule has 0 aromatic carbocycles. The molecule has 84 valence electrons. The lowest BCUT2D eigenvalue weighted by molar-refractivity contribution is 0.636. The van der Waals surface area contributed by atoms with Crippen molar-refractivity contribution in [2.24, 2.45) is 5.73 Å². The molecular formula is C10H19N5. The van der Waals surface area contributed by atoms with Crippen LogP contribution in [0.1, 0.15) is 12.8 Å². The quantitative estimate of drug-likeness (QED) is 0.534. The molecule has 5 heteroatoms. The van der Waals surface area contributed by atoms with E-state index in [2.05, 4.69) is 20.6 Å². The van der Waals surface area contributed by atoms with E-state index in [1.165, 1.54) is 0 Å². The van der Waals surface area contributed by atoms with Crippen molar-refractivity contribution < 1.29 is 0 Å². The molecular weight excluding hydrogens is 190 g/mol. The summed E-state index contributed by atoms with van der Waals surface area (Å²) in [5.74, 6) is 0.694. The fourth-order valence-electron chi connectivity index (χ4n) is 1.16. The van der Waals surface area contributed by atoms with Crippen LogP contribution in [-0.4, -0.2) is 36.1 Å². The van der Waals surface area contributed by atoms with E-state index in [4.69, 9.17) is 5.73 Å². The fraction of sp³-hybridized carbons (Fsp3) is 0.600. The van der Waals surface area contributed by atoms with Gasteiger partial charge >= 0.3 is 0 Å². The molecule has 0 fully saturated rings. The van der Waals surface area contributed by atoms with E-state index in [9.17, 15) is 0 Å². The molecule has 1 aromatic heterocycles. The third-order valence-corrected chi connectivity index (χ3v) is 1.94. The summed E-state index contributed by atoms with van der Waals surface area (Å²) in [6.45, 7) is 3.64. The maximum atomic E-state index is 5.38. The molecule has 1 rings (SSSR count). The van der Waals surface area contributed by atoms with Crippen LogP contribution in [0.5, 0.6) is 0 Å². The predicted molar refractivity (Wildman–Crippen MR) is 61.7 cm³/mol. The van der Waals surface area contributed by atoms with Crippen LogP contribution >= 0.6 is 0 Å². The summed E-state index contributed by atoms with van der Waals surface area (Å²) < 4.78 is 0. The van der Waals surface area contributed by atoms with E-state index in [0.29, 0.717) is 5.95 Å². The zero-order chi connectivity index (χ0) is 10.8. The van der Waals surface area contributed by atoms with Crippen LogP contribution in [0.3, 0.4) is 0 Å². The Labute approximate surface area is 90.5 Å². The van der Waals surface area contributed by atoms with E-state index in [0.717, 1.165) is 39.0 Å². The van der Waals surface area contributed by atoms with E-state index >= 15 is 0 Å². The van der Waals surface area contributed by atoms with Crippen LogP contribution in [0.15, 0.2) is 18.5 Å². The van der Waals surface area contributed by atoms with Crippen LogP contribution in [0.2, 0.25) is 0 Å². The number of hydrogen-bond acceptors (Lipinski definition) is 5. The second-order valence-corrected chi connectivity index (χ2v) is 3.24. The van der Waals surface area contributed by atoms with Gasteiger partial charge in [-0.2, -0.15) is 0 Å². The van der Waals surface area contributed by atoms with Gasteiger partial charge in [-0.15, -0.1) is 0 Å². The van der Waals surface area contributed by atoms with Gasteiger partial charge in [-0.05, 0) is 38.5 Å². The summed E-state index contributed by atoms with van der Waals surface area (Å²) in [7, 11) is 0. The second-order valence-electron chi connectivity index (χ2n) is 3.24. The van der Waals surface area contributed by atoms with Crippen LogP contribution < -0.4 is 16.4 Å². The molecule has 0 atom stereocenters. The highest BCUT2D eigenvalue weighted by Gasteiger charge is 1.92. The van der Waals surface area contributed by atoms with Gasteiger partial charge in [-0.25, -0.2) is 9.97 Å². The van der Waals surface area contributed by atoms with Crippen molar-refractivity contribution in [3.63, 3.8) is 0 Å². The molecule has 15 heavy (non-hydrogen) atoms. The number of hydrogen-bond donors (Lipinski definition) is 3. The normalized spacial score (nSPS) is 10.2. The monoisotopic (exact) mass is 209 g/mol. The minimum absolute atomic E-state index is 0.694. The lowest BCUT2D eigenvalue weighted by Crippen LogP contribution is -2.21. The Balaban J connectivity index is 1.93. The van der Waals surface area contributed by atoms with Gasteiger partial charge in [-0.3, -0.25) is 0 Å². The maximum Gasteiger partial charge on any atom is 0.222 e. The van der Waals surface area contributed by atoms with Crippen molar-refractivity contribution in [2.75, 3.05) is 31.5 Å². The van der Waals surface area contributed by atoms with Gasteiger partial charge in [0, 0.05) is 18.9 Å². The van der Waals surface area contributed by atoms with Crippen LogP contribution in [0.25, 0.3) is 0 Å². The van der Waals surface area contributed by atoms with E-state index in [1.54, 1.807) is 18.5 Å². The first-order chi connectivity index (χ1) is 7.43. The molecule has 0 saturated heterocycles. The molecule has 0 aliphatic carbocycles. The highest BCUT2D eigenvalue weighted by Crippen LogP contribution is 1.93. The molecule has 0 bridgehead atoms. The summed E-state index contributed by atoms with van der Waals surface area (Å²) in [4.78, 5) is 8.13. The number of rotatable bonds is 8. The maximum absolute atomic E-state index is 5.38. The van der Waals surface area contributed by atoms with Crippen molar-refractivity contribution in [3.8, 4) is 0 Å². The lowest BCUT2D eigenvalue weighted by Gasteiger charge is -2.05. The van der Waals surface area contributed by atoms with Gasteiger partial charge in [0.2, 0.25) is 5.95 Å². The molecule has 0 amide bonds. The van der Waals surface area contributed by atoms with Crippen LogP contribution in [0, 0.1) is 0 Å². The van der Waals surface area contributed by atoms with Gasteiger partial charge in [0.05, 0.1) is 0 Å². The van der Waals surface area contributed by atoms with Crippen LogP contribution in [0.4, 0.5) is 5.95 Å². The summed E-state index contributed by atoms with van der Waals surface area (Å²) in [5.41, 5.74) is 5.38. The third kappa shape index (κ3) is 5.98. The first kappa shape index (κ1) is 11.9. The number of aromatic nitrogens is 2. The number of nitrogens with one attached hydrogen (secondary N) is 2. The highest BCUT2D eigenvalue weighted by atomic mass is 15.1. The Bertz CT molecular complexity index is 239. The minimum Gasteiger partial charge on any atom is -0.354 e. The Morgan fingerprint density at radius 2 is 1.80 bits per heavy atom. The SMILES string of the molecule is NCCCNCCCNc1ncccn1. The van der Waals surface area contributed by atoms with Gasteiger partial charge in [0.1, 0.15) is 0 Å². The predicted octanol–water partition coefficient (Wildman–Crippen LogP) is 0.217. The molecule has 0 unspecified atom stereocenters. The van der Waals surface area contributed by atoms with Crippen molar-refractivity contribution in [2.45, 2.75) is 12.8 Å². The van der Waals surface area contributed by atoms with Crippen molar-refractivity contribution in [3.05, 3.63) is 18.5 Å². The molecule has 1 heterocycles. The molecule has 5 nitrogen and oxygen atoms in total. The second kappa shape index (κ2) is 8.14. The lowest BCUT2D eigenvalue weighted by atomic mass is 10.4. The van der Waals surface area contributed by atoms with E-state index in [-0.39, 0.29) is 0 Å². The van der Waals surface area contributed by atoms with E-state index < -0.39 is 0 Å². The molecule has 0 spiro atoms. The average Bonchev–Trinajstić information content (AvgIpc) is 2.29. The standard InChI is InChI=1S/C10H19N5/c11-4-1-5-12-6-2-7-13-10-14-8-3-9-15-10/h3,8-9,12H,1-2,4-7,11H2,(H,13,14,15). The Morgan fingerprint density at radius 3 is 2.53 bits per heavy atom. The molecule has 0 aliphatic heterocycles. The molecule has 0 radical (unpaired) electrons. The van der Waals surface area contributed by atoms with Crippen molar-refractivity contribution >= 4 is 5.95 Å². The molecule has 0 saturated carbocycles. The Hall–Kier alpha value is -1.20. The summed E-state index contributed by atoms with van der Waals surface area (Å²) >= 11 is 0. The fourth-order valence-corrected chi connectivity index (χ4v) is 1.16. The minimum atomic E-state index is 0.694. The summed E-state index contributed by atoms with van der Waals surface area (Å²) in [6, 6.07) is 1.81. The van der Waals surface area contributed by atoms with Crippen LogP contribution in [-0.2, 0) is 0 Å². The van der Waals surface area contributed by atoms with E-state index in [1.807, 2.05) is 0 Å². The Morgan fingerprint density at radius 1 is 1.07 bits per heavy atom. The van der Waals surface area contributed by atoms with Crippen molar-refractivity contribution in [1.82, 2.24) is 15.3 Å². The summed E-state index contributed by atoms with van der Waals surface area (Å²) in [6.07, 6.45) is 5.56. The first-order valence-corrected chi connectivity index (χ1v) is 5.35. The molecule has 0 aliphatic rings. The van der Waals surface area contributed by atoms with Gasteiger partial charge in [0.15, 0.2) is 0 Å². The zero-order valence-corrected chi connectivity index (χ0v) is 8.95. The topological polar surface area (TPSA) is 75.9 Å². The molecule has 1 aromatic rings. The van der Waals surface area contributed by atoms with Crippen molar-refractivity contribution in [1.29, 1.82) is 0 Å². The number of nitrogens with zero attached hydrogens (tertiary/aromatic N) is 2. The highest BCUT2D eigenvalue weighted by molar-refractivity contribution is 5.21. The van der Waals surface area contributed by atoms with Gasteiger partial charge in [0.25, 0.3) is 0 Å². The zero-order valence-electron chi connectivity index (χ0n) is 8.95. The van der Waals surface area contributed by atoms with Gasteiger partial charge in [-0.1, -0.05) is 0 Å². The third-order valence-electron chi connectivity index (χ3n) is 1.94. The Kier molecular flexibility index (Phi) is 6.44. The van der Waals surface area contributed by atoms with Gasteiger partial charge < -0.3 is 16.4 Å². The number of nitrogens with two attached hydrogens (primary N) is 1. The average molecular weight is 209 g/mol. The molecule has 4 N–H and O–H groups in total.